The van der Waals surface area contributed by atoms with Crippen LogP contribution in [0, 0.1) is 5.41 Å². The second-order valence-electron chi connectivity index (χ2n) is 5.15. The first-order valence-electron chi connectivity index (χ1n) is 6.99. The Morgan fingerprint density at radius 1 is 1.19 bits per heavy atom. The Balaban J connectivity index is 2.84. The van der Waals surface area contributed by atoms with Gasteiger partial charge in [-0.05, 0) is 31.9 Å². The Bertz CT molecular complexity index is 547. The summed E-state index contributed by atoms with van der Waals surface area (Å²) >= 11 is 0. The summed E-state index contributed by atoms with van der Waals surface area (Å²) in [4.78, 5) is 34.8. The molecular weight excluding hydrogens is 270 g/mol. The van der Waals surface area contributed by atoms with Gasteiger partial charge in [-0.15, -0.1) is 0 Å². The zero-order chi connectivity index (χ0) is 16.0. The molecule has 0 atom stereocenters. The van der Waals surface area contributed by atoms with E-state index in [1.54, 1.807) is 38.1 Å². The summed E-state index contributed by atoms with van der Waals surface area (Å²) < 4.78 is 0. The second-order valence-corrected chi connectivity index (χ2v) is 5.15. The number of carbonyl (C=O) groups is 3. The number of anilines is 1. The lowest BCUT2D eigenvalue weighted by Gasteiger charge is -2.25. The predicted molar refractivity (Wildman–Crippen MR) is 80.3 cm³/mol. The number of Topliss-reactive ketones (excluding diaryl/α,β-unsaturated/α-hetero) is 1. The van der Waals surface area contributed by atoms with Crippen molar-refractivity contribution in [2.24, 2.45) is 5.41 Å². The standard InChI is InChI=1S/C16H21NO4/c1-4-16(5-2,15(20)21)10-14(19)17-13-8-6-7-12(9-13)11(3)18/h6-9H,4-5,10H2,1-3H3,(H,17,19)(H,20,21). The molecule has 2 N–H and O–H groups in total. The average molecular weight is 291 g/mol. The Morgan fingerprint density at radius 3 is 2.29 bits per heavy atom. The van der Waals surface area contributed by atoms with Gasteiger partial charge in [0.15, 0.2) is 5.78 Å². The van der Waals surface area contributed by atoms with E-state index in [2.05, 4.69) is 5.32 Å². The highest BCUT2D eigenvalue weighted by molar-refractivity contribution is 5.98. The number of benzene rings is 1. The van der Waals surface area contributed by atoms with Gasteiger partial charge in [0.2, 0.25) is 5.91 Å². The summed E-state index contributed by atoms with van der Waals surface area (Å²) in [5.41, 5.74) is -0.0371. The fraction of sp³-hybridized carbons (Fsp3) is 0.438. The number of carbonyl (C=O) groups excluding carboxylic acids is 2. The van der Waals surface area contributed by atoms with Gasteiger partial charge >= 0.3 is 5.97 Å². The van der Waals surface area contributed by atoms with Crippen LogP contribution in [0.2, 0.25) is 0 Å². The summed E-state index contributed by atoms with van der Waals surface area (Å²) in [5.74, 6) is -1.41. The van der Waals surface area contributed by atoms with Crippen LogP contribution < -0.4 is 5.32 Å². The van der Waals surface area contributed by atoms with Crippen molar-refractivity contribution in [3.8, 4) is 0 Å². The van der Waals surface area contributed by atoms with Crippen LogP contribution in [0.25, 0.3) is 0 Å². The molecule has 114 valence electrons. The van der Waals surface area contributed by atoms with Crippen molar-refractivity contribution in [3.63, 3.8) is 0 Å². The van der Waals surface area contributed by atoms with Crippen molar-refractivity contribution >= 4 is 23.3 Å². The van der Waals surface area contributed by atoms with Crippen LogP contribution in [0.3, 0.4) is 0 Å². The molecule has 1 rings (SSSR count). The van der Waals surface area contributed by atoms with Crippen molar-refractivity contribution in [1.29, 1.82) is 0 Å². The lowest BCUT2D eigenvalue weighted by atomic mass is 9.79. The van der Waals surface area contributed by atoms with Crippen LogP contribution in [0.5, 0.6) is 0 Å². The molecule has 0 aliphatic rings. The lowest BCUT2D eigenvalue weighted by molar-refractivity contribution is -0.151. The normalized spacial score (nSPS) is 11.0. The van der Waals surface area contributed by atoms with Crippen molar-refractivity contribution in [2.45, 2.75) is 40.0 Å². The number of nitrogens with one attached hydrogen (secondary N) is 1. The second kappa shape index (κ2) is 7.02. The van der Waals surface area contributed by atoms with E-state index in [0.29, 0.717) is 24.1 Å². The number of hydrogen-bond donors (Lipinski definition) is 2. The fourth-order valence-electron chi connectivity index (χ4n) is 2.21. The summed E-state index contributed by atoms with van der Waals surface area (Å²) in [5, 5.41) is 12.0. The summed E-state index contributed by atoms with van der Waals surface area (Å²) in [6.07, 6.45) is 0.694. The van der Waals surface area contributed by atoms with Crippen LogP contribution in [-0.2, 0) is 9.59 Å². The lowest BCUT2D eigenvalue weighted by Crippen LogP contribution is -2.34. The quantitative estimate of drug-likeness (QED) is 0.756. The van der Waals surface area contributed by atoms with Gasteiger partial charge in [0.1, 0.15) is 0 Å². The van der Waals surface area contributed by atoms with Crippen molar-refractivity contribution < 1.29 is 19.5 Å². The first-order chi connectivity index (χ1) is 9.84. The maximum atomic E-state index is 12.1. The fourth-order valence-corrected chi connectivity index (χ4v) is 2.21. The Labute approximate surface area is 124 Å². The van der Waals surface area contributed by atoms with Crippen LogP contribution in [0.1, 0.15) is 50.4 Å². The van der Waals surface area contributed by atoms with E-state index >= 15 is 0 Å². The first-order valence-corrected chi connectivity index (χ1v) is 6.99. The molecule has 0 saturated heterocycles. The van der Waals surface area contributed by atoms with E-state index in [-0.39, 0.29) is 18.1 Å². The van der Waals surface area contributed by atoms with E-state index in [1.165, 1.54) is 6.92 Å². The molecule has 0 aliphatic carbocycles. The van der Waals surface area contributed by atoms with E-state index in [9.17, 15) is 19.5 Å². The molecule has 0 aliphatic heterocycles. The molecule has 0 radical (unpaired) electrons. The van der Waals surface area contributed by atoms with Gasteiger partial charge in [0.05, 0.1) is 5.41 Å². The minimum atomic E-state index is -1.04. The number of amides is 1. The van der Waals surface area contributed by atoms with Crippen LogP contribution in [-0.4, -0.2) is 22.8 Å². The first kappa shape index (κ1) is 16.9. The molecule has 0 saturated carbocycles. The van der Waals surface area contributed by atoms with Gasteiger partial charge in [-0.25, -0.2) is 0 Å². The summed E-state index contributed by atoms with van der Waals surface area (Å²) in [6, 6.07) is 6.60. The zero-order valence-electron chi connectivity index (χ0n) is 12.6. The predicted octanol–water partition coefficient (Wildman–Crippen LogP) is 3.11. The summed E-state index contributed by atoms with van der Waals surface area (Å²) in [6.45, 7) is 4.98. The monoisotopic (exact) mass is 291 g/mol. The number of carboxylic acid groups (broad SMARTS) is 1. The minimum Gasteiger partial charge on any atom is -0.481 e. The van der Waals surface area contributed by atoms with Crippen molar-refractivity contribution in [3.05, 3.63) is 29.8 Å². The topological polar surface area (TPSA) is 83.5 Å². The van der Waals surface area contributed by atoms with E-state index in [1.807, 2.05) is 0 Å². The third kappa shape index (κ3) is 4.15. The van der Waals surface area contributed by atoms with Gasteiger partial charge in [-0.1, -0.05) is 26.0 Å². The molecule has 0 aromatic heterocycles. The van der Waals surface area contributed by atoms with Gasteiger partial charge in [-0.3, -0.25) is 14.4 Å². The molecule has 1 aromatic carbocycles. The average Bonchev–Trinajstić information content (AvgIpc) is 2.44. The highest BCUT2D eigenvalue weighted by Gasteiger charge is 2.37. The SMILES string of the molecule is CCC(CC)(CC(=O)Nc1cccc(C(C)=O)c1)C(=O)O. The van der Waals surface area contributed by atoms with Crippen LogP contribution in [0.15, 0.2) is 24.3 Å². The van der Waals surface area contributed by atoms with E-state index in [0.717, 1.165) is 0 Å². The van der Waals surface area contributed by atoms with Gasteiger partial charge in [0.25, 0.3) is 0 Å². The highest BCUT2D eigenvalue weighted by atomic mass is 16.4. The minimum absolute atomic E-state index is 0.0837. The largest absolute Gasteiger partial charge is 0.481 e. The molecule has 0 unspecified atom stereocenters. The van der Waals surface area contributed by atoms with E-state index in [4.69, 9.17) is 0 Å². The molecule has 0 bridgehead atoms. The van der Waals surface area contributed by atoms with Gasteiger partial charge in [-0.2, -0.15) is 0 Å². The third-order valence-corrected chi connectivity index (χ3v) is 3.86. The van der Waals surface area contributed by atoms with Crippen LogP contribution >= 0.6 is 0 Å². The number of hydrogen-bond acceptors (Lipinski definition) is 3. The Kier molecular flexibility index (Phi) is 5.64. The van der Waals surface area contributed by atoms with Gasteiger partial charge < -0.3 is 10.4 Å². The Morgan fingerprint density at radius 2 is 1.81 bits per heavy atom. The van der Waals surface area contributed by atoms with Crippen molar-refractivity contribution in [1.82, 2.24) is 0 Å². The molecular formula is C16H21NO4. The van der Waals surface area contributed by atoms with Crippen LogP contribution in [0.4, 0.5) is 5.69 Å². The molecule has 0 fully saturated rings. The maximum absolute atomic E-state index is 12.1. The molecule has 5 heteroatoms. The number of carboxylic acids is 1. The third-order valence-electron chi connectivity index (χ3n) is 3.86. The smallest absolute Gasteiger partial charge is 0.310 e. The zero-order valence-corrected chi connectivity index (χ0v) is 12.6. The number of ketones is 1. The van der Waals surface area contributed by atoms with Gasteiger partial charge in [0, 0.05) is 17.7 Å². The molecule has 5 nitrogen and oxygen atoms in total. The highest BCUT2D eigenvalue weighted by Crippen LogP contribution is 2.31. The molecule has 0 spiro atoms. The molecule has 0 heterocycles. The molecule has 1 amide bonds. The Hall–Kier alpha value is -2.17. The summed E-state index contributed by atoms with van der Waals surface area (Å²) in [7, 11) is 0. The molecule has 1 aromatic rings. The molecule has 21 heavy (non-hydrogen) atoms. The number of aliphatic carboxylic acids is 1. The maximum Gasteiger partial charge on any atom is 0.310 e. The number of rotatable bonds is 7. The van der Waals surface area contributed by atoms with E-state index < -0.39 is 11.4 Å². The van der Waals surface area contributed by atoms with Crippen molar-refractivity contribution in [2.75, 3.05) is 5.32 Å².